The Morgan fingerprint density at radius 2 is 1.44 bits per heavy atom. The maximum absolute atomic E-state index is 15.5. The van der Waals surface area contributed by atoms with Crippen molar-refractivity contribution in [3.8, 4) is 0 Å². The number of anilines is 4. The summed E-state index contributed by atoms with van der Waals surface area (Å²) < 4.78 is 18.9. The predicted octanol–water partition coefficient (Wildman–Crippen LogP) is 5.24. The molecular weight excluding hydrogens is 788 g/mol. The molecule has 2 fully saturated rings. The Labute approximate surface area is 355 Å². The number of hydrogen-bond acceptors (Lipinski definition) is 12. The van der Waals surface area contributed by atoms with Crippen molar-refractivity contribution >= 4 is 67.8 Å². The molecule has 10 rings (SSSR count). The Morgan fingerprint density at radius 1 is 0.742 bits per heavy atom. The molecule has 17 heteroatoms. The maximum Gasteiger partial charge on any atom is 0.257 e. The zero-order valence-corrected chi connectivity index (χ0v) is 34.6. The van der Waals surface area contributed by atoms with E-state index in [-0.39, 0.29) is 17.2 Å². The van der Waals surface area contributed by atoms with E-state index in [9.17, 15) is 9.59 Å². The van der Waals surface area contributed by atoms with Crippen molar-refractivity contribution in [2.45, 2.75) is 37.8 Å². The van der Waals surface area contributed by atoms with Gasteiger partial charge in [0.1, 0.15) is 22.2 Å². The van der Waals surface area contributed by atoms with Gasteiger partial charge in [0.25, 0.3) is 11.8 Å². The second kappa shape index (κ2) is 16.1. The van der Waals surface area contributed by atoms with Gasteiger partial charge in [-0.05, 0) is 89.3 Å². The van der Waals surface area contributed by atoms with E-state index in [0.717, 1.165) is 61.5 Å². The minimum absolute atomic E-state index is 0.155. The molecule has 16 nitrogen and oxygen atoms in total. The molecular formula is C45H45FN14O2. The van der Waals surface area contributed by atoms with Gasteiger partial charge in [0.15, 0.2) is 11.5 Å². The number of nitrogens with one attached hydrogen (secondary N) is 3. The Hall–Kier alpha value is -7.11. The summed E-state index contributed by atoms with van der Waals surface area (Å²) in [6.45, 7) is 3.55. The molecule has 0 radical (unpaired) electrons. The molecule has 2 amide bonds. The van der Waals surface area contributed by atoms with E-state index in [1.165, 1.54) is 6.07 Å². The van der Waals surface area contributed by atoms with Crippen LogP contribution in [0.25, 0.3) is 33.2 Å². The lowest BCUT2D eigenvalue weighted by Gasteiger charge is -2.23. The van der Waals surface area contributed by atoms with E-state index in [2.05, 4.69) is 69.9 Å². The first-order valence-electron chi connectivity index (χ1n) is 20.8. The number of likely N-dealkylation sites (N-methyl/N-ethyl adjacent to an activating group) is 2. The van der Waals surface area contributed by atoms with Gasteiger partial charge in [0.05, 0.1) is 45.8 Å². The molecule has 0 saturated carbocycles. The molecule has 2 aliphatic rings. The normalized spacial score (nSPS) is 16.7. The van der Waals surface area contributed by atoms with Crippen LogP contribution in [0, 0.1) is 5.82 Å². The molecule has 8 aromatic rings. The maximum atomic E-state index is 15.5. The van der Waals surface area contributed by atoms with E-state index in [1.54, 1.807) is 41.5 Å². The first-order valence-corrected chi connectivity index (χ1v) is 20.8. The fraction of sp³-hybridized carbons (Fsp3) is 0.289. The van der Waals surface area contributed by atoms with Crippen LogP contribution >= 0.6 is 0 Å². The van der Waals surface area contributed by atoms with Crippen molar-refractivity contribution in [3.63, 3.8) is 0 Å². The van der Waals surface area contributed by atoms with Crippen LogP contribution in [0.3, 0.4) is 0 Å². The highest BCUT2D eigenvalue weighted by Gasteiger charge is 2.28. The Kier molecular flexibility index (Phi) is 10.1. The Morgan fingerprint density at radius 3 is 2.21 bits per heavy atom. The van der Waals surface area contributed by atoms with Crippen molar-refractivity contribution in [3.05, 3.63) is 120 Å². The number of aryl methyl sites for hydroxylation is 2. The van der Waals surface area contributed by atoms with E-state index < -0.39 is 11.7 Å². The summed E-state index contributed by atoms with van der Waals surface area (Å²) >= 11 is 0. The van der Waals surface area contributed by atoms with E-state index in [1.807, 2.05) is 60.2 Å². The highest BCUT2D eigenvalue weighted by Crippen LogP contribution is 2.32. The predicted molar refractivity (Wildman–Crippen MR) is 237 cm³/mol. The molecule has 0 aliphatic carbocycles. The quantitative estimate of drug-likeness (QED) is 0.156. The Bertz CT molecular complexity index is 3020. The van der Waals surface area contributed by atoms with Gasteiger partial charge >= 0.3 is 0 Å². The molecule has 8 heterocycles. The zero-order valence-electron chi connectivity index (χ0n) is 34.6. The number of benzene rings is 2. The number of imidazole rings is 2. The molecule has 1 unspecified atom stereocenters. The number of rotatable bonds is 11. The van der Waals surface area contributed by atoms with Crippen LogP contribution in [0.2, 0.25) is 0 Å². The lowest BCUT2D eigenvalue weighted by Crippen LogP contribution is -2.31. The molecule has 3 N–H and O–H groups in total. The van der Waals surface area contributed by atoms with Crippen LogP contribution in [-0.4, -0.2) is 115 Å². The largest absolute Gasteiger partial charge is 0.369 e. The van der Waals surface area contributed by atoms with Crippen LogP contribution in [0.1, 0.15) is 44.9 Å². The molecule has 0 bridgehead atoms. The topological polar surface area (TPSA) is 166 Å². The average molecular weight is 833 g/mol. The SMILES string of the molecule is CN[C@H]1CCN(c2ccc(C(=O)Nc3ccc4nc(CCc5cn6cc(NC(=O)c7ccc(N8CCC(N(C)C)C8)c8nccnc78)cc(F)c6n5)cn4c3)c3nnccc23)C1. The lowest BCUT2D eigenvalue weighted by atomic mass is 10.1. The van der Waals surface area contributed by atoms with Crippen molar-refractivity contribution < 1.29 is 14.0 Å². The van der Waals surface area contributed by atoms with Crippen LogP contribution in [-0.2, 0) is 12.8 Å². The Balaban J connectivity index is 0.809. The monoisotopic (exact) mass is 832 g/mol. The van der Waals surface area contributed by atoms with Crippen molar-refractivity contribution in [1.82, 2.24) is 49.2 Å². The highest BCUT2D eigenvalue weighted by atomic mass is 19.1. The van der Waals surface area contributed by atoms with Crippen LogP contribution < -0.4 is 25.8 Å². The van der Waals surface area contributed by atoms with Gasteiger partial charge in [-0.2, -0.15) is 5.10 Å². The number of carbonyl (C=O) groups excluding carboxylic acids is 2. The van der Waals surface area contributed by atoms with E-state index in [0.29, 0.717) is 69.6 Å². The second-order valence-electron chi connectivity index (χ2n) is 16.2. The van der Waals surface area contributed by atoms with Crippen molar-refractivity contribution in [1.29, 1.82) is 0 Å². The summed E-state index contributed by atoms with van der Waals surface area (Å²) in [5.74, 6) is -1.27. The number of hydrogen-bond donors (Lipinski definition) is 3. The smallest absolute Gasteiger partial charge is 0.257 e. The number of amides is 2. The third kappa shape index (κ3) is 7.38. The zero-order chi connectivity index (χ0) is 42.5. The van der Waals surface area contributed by atoms with Gasteiger partial charge in [0.2, 0.25) is 0 Å². The summed E-state index contributed by atoms with van der Waals surface area (Å²) in [5.41, 5.74) is 7.69. The number of nitrogens with zero attached hydrogens (tertiary/aromatic N) is 11. The molecule has 0 spiro atoms. The van der Waals surface area contributed by atoms with Gasteiger partial charge in [-0.1, -0.05) is 0 Å². The number of fused-ring (bicyclic) bond motifs is 4. The summed E-state index contributed by atoms with van der Waals surface area (Å²) in [4.78, 5) is 52.6. The number of pyridine rings is 2. The van der Waals surface area contributed by atoms with Gasteiger partial charge < -0.3 is 39.5 Å². The summed E-state index contributed by atoms with van der Waals surface area (Å²) in [6, 6.07) is 15.2. The molecule has 2 saturated heterocycles. The summed E-state index contributed by atoms with van der Waals surface area (Å²) in [5, 5.41) is 18.6. The van der Waals surface area contributed by atoms with E-state index in [4.69, 9.17) is 4.98 Å². The molecule has 2 atom stereocenters. The van der Waals surface area contributed by atoms with Crippen molar-refractivity contribution in [2.75, 3.05) is 67.8 Å². The lowest BCUT2D eigenvalue weighted by molar-refractivity contribution is 0.102. The van der Waals surface area contributed by atoms with Crippen LogP contribution in [0.5, 0.6) is 0 Å². The molecule has 314 valence electrons. The first-order chi connectivity index (χ1) is 30.2. The van der Waals surface area contributed by atoms with Crippen molar-refractivity contribution in [2.24, 2.45) is 0 Å². The molecule has 2 aromatic carbocycles. The standard InChI is InChI=1S/C45H45FN14O2/c1-47-27-13-18-57(21-27)37-9-7-34(40-33(37)12-15-50-55-40)44(61)53-30-6-11-39-51-28(22-59(39)23-30)4-5-29-24-60-25-31(20-36(46)43(60)52-29)54-45(62)35-8-10-38(42-41(35)48-16-17-49-42)58-19-14-32(26-58)56(2)3/h6-12,15-17,20,22-25,27,32,47H,4-5,13-14,18-19,21,26H2,1-3H3,(H,53,61)(H,54,62)/t27-,32?/m0/s1. The number of halogens is 1. The van der Waals surface area contributed by atoms with Crippen LogP contribution in [0.15, 0.2) is 91.9 Å². The average Bonchev–Trinajstić information content (AvgIpc) is 4.11. The highest BCUT2D eigenvalue weighted by molar-refractivity contribution is 6.14. The minimum Gasteiger partial charge on any atom is -0.369 e. The first kappa shape index (κ1) is 39.1. The minimum atomic E-state index is -0.564. The number of aromatic nitrogens is 8. The third-order valence-corrected chi connectivity index (χ3v) is 12.1. The molecule has 62 heavy (non-hydrogen) atoms. The summed E-state index contributed by atoms with van der Waals surface area (Å²) in [6.07, 6.45) is 15.1. The van der Waals surface area contributed by atoms with Gasteiger partial charge in [0, 0.05) is 92.6 Å². The number of carbonyl (C=O) groups is 2. The molecule has 6 aromatic heterocycles. The molecule has 2 aliphatic heterocycles. The van der Waals surface area contributed by atoms with Gasteiger partial charge in [-0.3, -0.25) is 19.6 Å². The second-order valence-corrected chi connectivity index (χ2v) is 16.2. The fourth-order valence-corrected chi connectivity index (χ4v) is 8.79. The van der Waals surface area contributed by atoms with E-state index >= 15 is 4.39 Å². The van der Waals surface area contributed by atoms with Gasteiger partial charge in [-0.25, -0.2) is 14.4 Å². The van der Waals surface area contributed by atoms with Crippen LogP contribution in [0.4, 0.5) is 27.1 Å². The fourth-order valence-electron chi connectivity index (χ4n) is 8.79. The summed E-state index contributed by atoms with van der Waals surface area (Å²) in [7, 11) is 6.15. The third-order valence-electron chi connectivity index (χ3n) is 12.1. The van der Waals surface area contributed by atoms with Gasteiger partial charge in [-0.15, -0.1) is 5.10 Å².